The van der Waals surface area contributed by atoms with Crippen molar-refractivity contribution >= 4 is 45.7 Å². The molecule has 4 heteroatoms. The molecule has 0 aliphatic carbocycles. The van der Waals surface area contributed by atoms with Crippen LogP contribution in [-0.4, -0.2) is 14.9 Å². The van der Waals surface area contributed by atoms with Gasteiger partial charge in [0.25, 0.3) is 0 Å². The molecule has 2 rings (SSSR count). The fraction of sp³-hybridized carbons (Fsp3) is 0.529. The van der Waals surface area contributed by atoms with Crippen LogP contribution in [-0.2, 0) is 10.8 Å². The molecule has 0 aliphatic heterocycles. The summed E-state index contributed by atoms with van der Waals surface area (Å²) in [6, 6.07) is 8.65. The summed E-state index contributed by atoms with van der Waals surface area (Å²) >= 11 is 5.55. The highest BCUT2D eigenvalue weighted by atomic mass is 79.9. The fourth-order valence-electron chi connectivity index (χ4n) is 2.09. The molecule has 0 unspecified atom stereocenters. The van der Waals surface area contributed by atoms with Crippen LogP contribution < -0.4 is 0 Å². The molecule has 0 saturated carbocycles. The fourth-order valence-corrected chi connectivity index (χ4v) is 5.09. The molecule has 1 aromatic heterocycles. The van der Waals surface area contributed by atoms with Crippen LogP contribution in [0.3, 0.4) is 0 Å². The van der Waals surface area contributed by atoms with Gasteiger partial charge in [0, 0.05) is 11.3 Å². The lowest BCUT2D eigenvalue weighted by Gasteiger charge is -2.36. The summed E-state index contributed by atoms with van der Waals surface area (Å²) in [4.78, 5) is 0. The lowest BCUT2D eigenvalue weighted by molar-refractivity contribution is 0.282. The first kappa shape index (κ1) is 17.2. The molecule has 0 fully saturated rings. The second kappa shape index (κ2) is 6.53. The van der Waals surface area contributed by atoms with E-state index in [9.17, 15) is 0 Å². The van der Waals surface area contributed by atoms with Gasteiger partial charge in [-0.1, -0.05) is 39.0 Å². The Labute approximate surface area is 142 Å². The molecule has 0 atom stereocenters. The second-order valence-corrected chi connectivity index (χ2v) is 14.2. The zero-order valence-electron chi connectivity index (χ0n) is 13.6. The first-order chi connectivity index (χ1) is 9.72. The highest BCUT2D eigenvalue weighted by Gasteiger charge is 2.36. The molecule has 116 valence electrons. The molecule has 0 N–H and O–H groups in total. The monoisotopic (exact) mass is 384 g/mol. The number of hydrogen-bond acceptors (Lipinski definition) is 2. The van der Waals surface area contributed by atoms with Crippen molar-refractivity contribution in [2.24, 2.45) is 0 Å². The minimum Gasteiger partial charge on any atom is -0.417 e. The van der Waals surface area contributed by atoms with Crippen molar-refractivity contribution in [3.05, 3.63) is 33.6 Å². The molecule has 0 amide bonds. The lowest BCUT2D eigenvalue weighted by atomic mass is 10.1. The van der Waals surface area contributed by atoms with E-state index in [0.29, 0.717) is 5.04 Å². The number of halogens is 1. The SMILES string of the molecule is CC(C)(C)[Si](C)(C)OCCCc1c(Br)sc2ccccc12. The van der Waals surface area contributed by atoms with Gasteiger partial charge in [0.15, 0.2) is 8.32 Å². The maximum Gasteiger partial charge on any atom is 0.191 e. The van der Waals surface area contributed by atoms with Crippen molar-refractivity contribution in [3.63, 3.8) is 0 Å². The summed E-state index contributed by atoms with van der Waals surface area (Å²) in [5, 5.41) is 1.68. The van der Waals surface area contributed by atoms with Gasteiger partial charge in [-0.05, 0) is 63.9 Å². The third kappa shape index (κ3) is 3.98. The van der Waals surface area contributed by atoms with Crippen LogP contribution >= 0.6 is 27.3 Å². The summed E-state index contributed by atoms with van der Waals surface area (Å²) < 4.78 is 8.91. The summed E-state index contributed by atoms with van der Waals surface area (Å²) in [5.74, 6) is 0. The molecule has 0 saturated heterocycles. The number of hydrogen-bond donors (Lipinski definition) is 0. The van der Waals surface area contributed by atoms with E-state index in [1.54, 1.807) is 0 Å². The van der Waals surface area contributed by atoms with Crippen molar-refractivity contribution < 1.29 is 4.43 Å². The highest BCUT2D eigenvalue weighted by molar-refractivity contribution is 9.11. The summed E-state index contributed by atoms with van der Waals surface area (Å²) in [5.41, 5.74) is 1.44. The standard InChI is InChI=1S/C17H25BrOSSi/c1-17(2,3)21(4,5)19-12-8-10-14-13-9-6-7-11-15(13)20-16(14)18/h6-7,9,11H,8,10,12H2,1-5H3. The van der Waals surface area contributed by atoms with Gasteiger partial charge in [-0.2, -0.15) is 0 Å². The van der Waals surface area contributed by atoms with Gasteiger partial charge in [0.05, 0.1) is 3.79 Å². The molecule has 1 aromatic carbocycles. The van der Waals surface area contributed by atoms with E-state index in [1.165, 1.54) is 19.4 Å². The van der Waals surface area contributed by atoms with Crippen LogP contribution in [0.5, 0.6) is 0 Å². The topological polar surface area (TPSA) is 9.23 Å². The first-order valence-corrected chi connectivity index (χ1v) is 12.0. The van der Waals surface area contributed by atoms with Crippen molar-refractivity contribution in [2.45, 2.75) is 51.7 Å². The Morgan fingerprint density at radius 2 is 1.86 bits per heavy atom. The van der Waals surface area contributed by atoms with Gasteiger partial charge in [-0.15, -0.1) is 11.3 Å². The molecular weight excluding hydrogens is 360 g/mol. The smallest absolute Gasteiger partial charge is 0.191 e. The third-order valence-corrected chi connectivity index (χ3v) is 11.0. The van der Waals surface area contributed by atoms with Crippen molar-refractivity contribution in [1.29, 1.82) is 0 Å². The average Bonchev–Trinajstić information content (AvgIpc) is 2.69. The van der Waals surface area contributed by atoms with Gasteiger partial charge >= 0.3 is 0 Å². The van der Waals surface area contributed by atoms with Crippen molar-refractivity contribution in [2.75, 3.05) is 6.61 Å². The van der Waals surface area contributed by atoms with Gasteiger partial charge in [-0.25, -0.2) is 0 Å². The summed E-state index contributed by atoms with van der Waals surface area (Å²) in [7, 11) is -1.60. The Kier molecular flexibility index (Phi) is 5.34. The van der Waals surface area contributed by atoms with Crippen LogP contribution in [0.2, 0.25) is 18.1 Å². The average molecular weight is 385 g/mol. The second-order valence-electron chi connectivity index (χ2n) is 7.06. The van der Waals surface area contributed by atoms with Crippen LogP contribution in [0, 0.1) is 0 Å². The minimum atomic E-state index is -1.60. The Hall–Kier alpha value is -0.163. The molecule has 0 radical (unpaired) electrons. The Morgan fingerprint density at radius 1 is 1.19 bits per heavy atom. The molecule has 21 heavy (non-hydrogen) atoms. The quantitative estimate of drug-likeness (QED) is 0.415. The Bertz CT molecular complexity index is 613. The van der Waals surface area contributed by atoms with Gasteiger partial charge in [0.1, 0.15) is 0 Å². The zero-order chi connectivity index (χ0) is 15.7. The maximum atomic E-state index is 6.27. The van der Waals surface area contributed by atoms with Crippen LogP contribution in [0.25, 0.3) is 10.1 Å². The number of benzene rings is 1. The minimum absolute atomic E-state index is 0.294. The first-order valence-electron chi connectivity index (χ1n) is 7.52. The number of rotatable bonds is 5. The van der Waals surface area contributed by atoms with E-state index in [-0.39, 0.29) is 0 Å². The molecule has 0 aliphatic rings. The summed E-state index contributed by atoms with van der Waals surface area (Å²) in [6.07, 6.45) is 2.17. The van der Waals surface area contributed by atoms with E-state index in [4.69, 9.17) is 4.43 Å². The number of aryl methyl sites for hydroxylation is 1. The molecule has 2 aromatic rings. The highest BCUT2D eigenvalue weighted by Crippen LogP contribution is 2.38. The molecular formula is C17H25BrOSSi. The van der Waals surface area contributed by atoms with Gasteiger partial charge < -0.3 is 4.43 Å². The summed E-state index contributed by atoms with van der Waals surface area (Å²) in [6.45, 7) is 12.4. The van der Waals surface area contributed by atoms with Crippen LogP contribution in [0.1, 0.15) is 32.8 Å². The van der Waals surface area contributed by atoms with Crippen LogP contribution in [0.15, 0.2) is 28.1 Å². The lowest BCUT2D eigenvalue weighted by Crippen LogP contribution is -2.41. The third-order valence-electron chi connectivity index (χ3n) is 4.49. The van der Waals surface area contributed by atoms with E-state index in [2.05, 4.69) is 74.1 Å². The van der Waals surface area contributed by atoms with E-state index < -0.39 is 8.32 Å². The molecule has 0 spiro atoms. The predicted octanol–water partition coefficient (Wildman–Crippen LogP) is 6.62. The maximum absolute atomic E-state index is 6.27. The van der Waals surface area contributed by atoms with Crippen LogP contribution in [0.4, 0.5) is 0 Å². The normalized spacial score (nSPS) is 13.0. The number of fused-ring (bicyclic) bond motifs is 1. The molecule has 0 bridgehead atoms. The zero-order valence-corrected chi connectivity index (χ0v) is 17.0. The van der Waals surface area contributed by atoms with Gasteiger partial charge in [0.2, 0.25) is 0 Å². The Morgan fingerprint density at radius 3 is 2.52 bits per heavy atom. The van der Waals surface area contributed by atoms with E-state index in [1.807, 2.05) is 11.3 Å². The molecule has 1 heterocycles. The predicted molar refractivity (Wildman–Crippen MR) is 101 cm³/mol. The largest absolute Gasteiger partial charge is 0.417 e. The Balaban J connectivity index is 1.96. The van der Waals surface area contributed by atoms with Gasteiger partial charge in [-0.3, -0.25) is 0 Å². The van der Waals surface area contributed by atoms with E-state index in [0.717, 1.165) is 19.4 Å². The molecule has 1 nitrogen and oxygen atoms in total. The number of thiophene rings is 1. The van der Waals surface area contributed by atoms with Crippen molar-refractivity contribution in [3.8, 4) is 0 Å². The van der Waals surface area contributed by atoms with E-state index >= 15 is 0 Å². The van der Waals surface area contributed by atoms with Crippen molar-refractivity contribution in [1.82, 2.24) is 0 Å².